The van der Waals surface area contributed by atoms with E-state index in [0.717, 1.165) is 22.6 Å². The summed E-state index contributed by atoms with van der Waals surface area (Å²) < 4.78 is 27.3. The second-order valence-electron chi connectivity index (χ2n) is 6.53. The minimum Gasteiger partial charge on any atom is -0.320 e. The zero-order valence-corrected chi connectivity index (χ0v) is 14.1. The SMILES string of the molecule is O=C(CN1C(=O)NC2(CCc3ccccc32)C1=O)Nc1c(F)cccc1F. The van der Waals surface area contributed by atoms with E-state index in [1.807, 2.05) is 12.1 Å². The van der Waals surface area contributed by atoms with Crippen LogP contribution in [-0.2, 0) is 21.5 Å². The van der Waals surface area contributed by atoms with Gasteiger partial charge in [0.1, 0.15) is 29.4 Å². The molecule has 4 rings (SSSR count). The molecule has 0 saturated carbocycles. The van der Waals surface area contributed by atoms with Crippen molar-refractivity contribution in [1.82, 2.24) is 10.2 Å². The fourth-order valence-electron chi connectivity index (χ4n) is 3.67. The number of carbonyl (C=O) groups is 3. The first-order chi connectivity index (χ1) is 12.9. The Labute approximate surface area is 153 Å². The second-order valence-corrected chi connectivity index (χ2v) is 6.53. The van der Waals surface area contributed by atoms with E-state index in [9.17, 15) is 23.2 Å². The number of rotatable bonds is 3. The van der Waals surface area contributed by atoms with E-state index in [-0.39, 0.29) is 0 Å². The number of anilines is 1. The fraction of sp³-hybridized carbons (Fsp3) is 0.211. The maximum absolute atomic E-state index is 13.7. The molecule has 8 heteroatoms. The van der Waals surface area contributed by atoms with Gasteiger partial charge < -0.3 is 10.6 Å². The largest absolute Gasteiger partial charge is 0.325 e. The molecular weight excluding hydrogens is 356 g/mol. The first-order valence-electron chi connectivity index (χ1n) is 8.39. The van der Waals surface area contributed by atoms with Crippen LogP contribution in [0.2, 0.25) is 0 Å². The molecule has 1 saturated heterocycles. The summed E-state index contributed by atoms with van der Waals surface area (Å²) in [7, 11) is 0. The van der Waals surface area contributed by atoms with E-state index in [1.165, 1.54) is 6.07 Å². The maximum Gasteiger partial charge on any atom is 0.325 e. The first kappa shape index (κ1) is 17.1. The Morgan fingerprint density at radius 3 is 2.56 bits per heavy atom. The van der Waals surface area contributed by atoms with Gasteiger partial charge in [0.15, 0.2) is 0 Å². The van der Waals surface area contributed by atoms with Gasteiger partial charge in [-0.2, -0.15) is 0 Å². The van der Waals surface area contributed by atoms with Gasteiger partial charge in [0.05, 0.1) is 0 Å². The molecule has 138 valence electrons. The third kappa shape index (κ3) is 2.64. The second kappa shape index (κ2) is 6.15. The van der Waals surface area contributed by atoms with Crippen molar-refractivity contribution in [2.75, 3.05) is 11.9 Å². The molecule has 2 aromatic rings. The molecule has 0 aromatic heterocycles. The van der Waals surface area contributed by atoms with Crippen LogP contribution >= 0.6 is 0 Å². The Morgan fingerprint density at radius 1 is 1.11 bits per heavy atom. The molecule has 1 unspecified atom stereocenters. The zero-order valence-electron chi connectivity index (χ0n) is 14.1. The number of imide groups is 1. The number of urea groups is 1. The molecule has 2 aromatic carbocycles. The highest BCUT2D eigenvalue weighted by Gasteiger charge is 2.55. The topological polar surface area (TPSA) is 78.5 Å². The van der Waals surface area contributed by atoms with Gasteiger partial charge in [-0.15, -0.1) is 0 Å². The highest BCUT2D eigenvalue weighted by Crippen LogP contribution is 2.41. The van der Waals surface area contributed by atoms with E-state index in [4.69, 9.17) is 0 Å². The molecule has 0 bridgehead atoms. The van der Waals surface area contributed by atoms with Crippen LogP contribution in [0.1, 0.15) is 17.5 Å². The summed E-state index contributed by atoms with van der Waals surface area (Å²) >= 11 is 0. The Hall–Kier alpha value is -3.29. The number of hydrogen-bond acceptors (Lipinski definition) is 3. The van der Waals surface area contributed by atoms with Crippen LogP contribution in [-0.4, -0.2) is 29.3 Å². The molecular formula is C19H15F2N3O3. The van der Waals surface area contributed by atoms with Gasteiger partial charge in [-0.25, -0.2) is 13.6 Å². The van der Waals surface area contributed by atoms with Gasteiger partial charge in [0.2, 0.25) is 5.91 Å². The van der Waals surface area contributed by atoms with Crippen LogP contribution in [0.25, 0.3) is 0 Å². The summed E-state index contributed by atoms with van der Waals surface area (Å²) in [5.41, 5.74) is -0.121. The normalized spacial score (nSPS) is 20.7. The van der Waals surface area contributed by atoms with Crippen molar-refractivity contribution in [3.05, 3.63) is 65.2 Å². The maximum atomic E-state index is 13.7. The summed E-state index contributed by atoms with van der Waals surface area (Å²) in [6, 6.07) is 9.75. The van der Waals surface area contributed by atoms with Crippen molar-refractivity contribution in [2.45, 2.75) is 18.4 Å². The Balaban J connectivity index is 1.55. The van der Waals surface area contributed by atoms with Crippen LogP contribution in [0, 0.1) is 11.6 Å². The highest BCUT2D eigenvalue weighted by atomic mass is 19.1. The molecule has 2 aliphatic rings. The number of nitrogens with one attached hydrogen (secondary N) is 2. The van der Waals surface area contributed by atoms with Crippen LogP contribution in [0.15, 0.2) is 42.5 Å². The summed E-state index contributed by atoms with van der Waals surface area (Å²) in [5.74, 6) is -3.30. The van der Waals surface area contributed by atoms with Crippen molar-refractivity contribution in [1.29, 1.82) is 0 Å². The highest BCUT2D eigenvalue weighted by molar-refractivity contribution is 6.10. The van der Waals surface area contributed by atoms with Crippen molar-refractivity contribution in [3.63, 3.8) is 0 Å². The minimum absolute atomic E-state index is 0.400. The molecule has 0 radical (unpaired) electrons. The molecule has 1 spiro atoms. The number of para-hydroxylation sites is 1. The van der Waals surface area contributed by atoms with Crippen molar-refractivity contribution in [3.8, 4) is 0 Å². The standard InChI is InChI=1S/C19H15F2N3O3/c20-13-6-3-7-14(21)16(13)22-15(25)10-24-17(26)19(23-18(24)27)9-8-11-4-1-2-5-12(11)19/h1-7H,8-10H2,(H,22,25)(H,23,27). The number of halogens is 2. The lowest BCUT2D eigenvalue weighted by atomic mass is 9.92. The van der Waals surface area contributed by atoms with Crippen LogP contribution in [0.4, 0.5) is 19.3 Å². The summed E-state index contributed by atoms with van der Waals surface area (Å²) in [6.07, 6.45) is 1.03. The van der Waals surface area contributed by atoms with Crippen molar-refractivity contribution in [2.24, 2.45) is 0 Å². The van der Waals surface area contributed by atoms with E-state index < -0.39 is 47.3 Å². The molecule has 2 N–H and O–H groups in total. The Morgan fingerprint density at radius 2 is 1.81 bits per heavy atom. The van der Waals surface area contributed by atoms with Crippen LogP contribution in [0.5, 0.6) is 0 Å². The van der Waals surface area contributed by atoms with Gasteiger partial charge in [0, 0.05) is 0 Å². The van der Waals surface area contributed by atoms with Gasteiger partial charge in [-0.05, 0) is 36.1 Å². The lowest BCUT2D eigenvalue weighted by molar-refractivity contribution is -0.134. The smallest absolute Gasteiger partial charge is 0.320 e. The van der Waals surface area contributed by atoms with Crippen molar-refractivity contribution < 1.29 is 23.2 Å². The molecule has 1 atom stereocenters. The fourth-order valence-corrected chi connectivity index (χ4v) is 3.67. The molecule has 1 aliphatic carbocycles. The summed E-state index contributed by atoms with van der Waals surface area (Å²) in [5, 5.41) is 4.77. The number of amides is 4. The van der Waals surface area contributed by atoms with Gasteiger partial charge in [-0.1, -0.05) is 30.3 Å². The lowest BCUT2D eigenvalue weighted by Gasteiger charge is -2.22. The molecule has 6 nitrogen and oxygen atoms in total. The Bertz CT molecular complexity index is 958. The van der Waals surface area contributed by atoms with Crippen molar-refractivity contribution >= 4 is 23.5 Å². The Kier molecular flexibility index (Phi) is 3.91. The average molecular weight is 371 g/mol. The minimum atomic E-state index is -1.18. The van der Waals surface area contributed by atoms with Crippen LogP contribution < -0.4 is 10.6 Å². The van der Waals surface area contributed by atoms with Gasteiger partial charge in [0.25, 0.3) is 5.91 Å². The van der Waals surface area contributed by atoms with Crippen LogP contribution in [0.3, 0.4) is 0 Å². The van der Waals surface area contributed by atoms with E-state index in [1.54, 1.807) is 12.1 Å². The zero-order chi connectivity index (χ0) is 19.2. The first-order valence-corrected chi connectivity index (χ1v) is 8.39. The number of fused-ring (bicyclic) bond motifs is 2. The number of aryl methyl sites for hydroxylation is 1. The summed E-state index contributed by atoms with van der Waals surface area (Å²) in [4.78, 5) is 38.3. The quantitative estimate of drug-likeness (QED) is 0.813. The number of benzene rings is 2. The monoisotopic (exact) mass is 371 g/mol. The third-order valence-electron chi connectivity index (χ3n) is 4.95. The molecule has 4 amide bonds. The van der Waals surface area contributed by atoms with E-state index in [2.05, 4.69) is 10.6 Å². The third-order valence-corrected chi connectivity index (χ3v) is 4.95. The predicted molar refractivity (Wildman–Crippen MR) is 91.7 cm³/mol. The average Bonchev–Trinajstić information content (AvgIpc) is 3.12. The van der Waals surface area contributed by atoms with Gasteiger partial charge >= 0.3 is 6.03 Å². The van der Waals surface area contributed by atoms with E-state index in [0.29, 0.717) is 18.4 Å². The molecule has 1 aliphatic heterocycles. The number of nitrogens with zero attached hydrogens (tertiary/aromatic N) is 1. The number of carbonyl (C=O) groups excluding carboxylic acids is 3. The lowest BCUT2D eigenvalue weighted by Crippen LogP contribution is -2.43. The molecule has 27 heavy (non-hydrogen) atoms. The number of hydrogen-bond donors (Lipinski definition) is 2. The van der Waals surface area contributed by atoms with Gasteiger partial charge in [-0.3, -0.25) is 14.5 Å². The molecule has 1 fully saturated rings. The predicted octanol–water partition coefficient (Wildman–Crippen LogP) is 2.30. The van der Waals surface area contributed by atoms with E-state index >= 15 is 0 Å². The summed E-state index contributed by atoms with van der Waals surface area (Å²) in [6.45, 7) is -0.637. The molecule has 1 heterocycles.